The Balaban J connectivity index is 2.18. The van der Waals surface area contributed by atoms with E-state index in [0.29, 0.717) is 12.5 Å². The van der Waals surface area contributed by atoms with E-state index in [9.17, 15) is 4.79 Å². The van der Waals surface area contributed by atoms with Gasteiger partial charge in [0.2, 0.25) is 0 Å². The van der Waals surface area contributed by atoms with Crippen LogP contribution in [0.25, 0.3) is 0 Å². The first-order chi connectivity index (χ1) is 7.09. The van der Waals surface area contributed by atoms with Crippen LogP contribution in [-0.4, -0.2) is 20.6 Å². The van der Waals surface area contributed by atoms with Crippen molar-refractivity contribution in [2.75, 3.05) is 0 Å². The summed E-state index contributed by atoms with van der Waals surface area (Å²) in [4.78, 5) is 15.1. The van der Waals surface area contributed by atoms with Crippen LogP contribution in [0.1, 0.15) is 31.5 Å². The third kappa shape index (κ3) is 2.22. The van der Waals surface area contributed by atoms with Gasteiger partial charge >= 0.3 is 5.97 Å². The molecule has 1 aliphatic rings. The van der Waals surface area contributed by atoms with Gasteiger partial charge in [0.1, 0.15) is 10.4 Å². The van der Waals surface area contributed by atoms with Gasteiger partial charge in [-0.3, -0.25) is 4.79 Å². The van der Waals surface area contributed by atoms with Crippen LogP contribution >= 0.6 is 15.9 Å². The fraction of sp³-hybridized carbons (Fsp3) is 0.600. The number of halogens is 1. The van der Waals surface area contributed by atoms with Gasteiger partial charge in [-0.2, -0.15) is 0 Å². The van der Waals surface area contributed by atoms with Crippen molar-refractivity contribution in [2.24, 2.45) is 5.92 Å². The molecule has 82 valence electrons. The van der Waals surface area contributed by atoms with Gasteiger partial charge in [0.05, 0.1) is 12.1 Å². The van der Waals surface area contributed by atoms with Gasteiger partial charge < -0.3 is 9.67 Å². The lowest BCUT2D eigenvalue weighted by molar-refractivity contribution is -0.141. The summed E-state index contributed by atoms with van der Waals surface area (Å²) in [6, 6.07) is 0. The van der Waals surface area contributed by atoms with Crippen molar-refractivity contribution in [1.82, 2.24) is 9.55 Å². The van der Waals surface area contributed by atoms with Crippen LogP contribution in [0.5, 0.6) is 0 Å². The molecule has 1 fully saturated rings. The molecular formula is C10H13BrN2O2. The highest BCUT2D eigenvalue weighted by Gasteiger charge is 2.29. The quantitative estimate of drug-likeness (QED) is 0.915. The molecule has 4 nitrogen and oxygen atoms in total. The van der Waals surface area contributed by atoms with Gasteiger partial charge in [0.25, 0.3) is 0 Å². The summed E-state index contributed by atoms with van der Waals surface area (Å²) in [5.41, 5.74) is 0. The third-order valence-corrected chi connectivity index (χ3v) is 3.29. The second-order valence-electron chi connectivity index (χ2n) is 4.06. The average Bonchev–Trinajstić information content (AvgIpc) is 2.95. The van der Waals surface area contributed by atoms with Crippen LogP contribution in [-0.2, 0) is 11.3 Å². The predicted octanol–water partition coefficient (Wildman–Crippen LogP) is 2.24. The zero-order valence-corrected chi connectivity index (χ0v) is 10.1. The second-order valence-corrected chi connectivity index (χ2v) is 4.88. The van der Waals surface area contributed by atoms with E-state index in [4.69, 9.17) is 5.11 Å². The van der Waals surface area contributed by atoms with Crippen LogP contribution in [0.2, 0.25) is 0 Å². The Morgan fingerprint density at radius 3 is 3.00 bits per heavy atom. The number of carbonyl (C=O) groups is 1. The zero-order valence-electron chi connectivity index (χ0n) is 8.48. The van der Waals surface area contributed by atoms with E-state index in [0.717, 1.165) is 10.4 Å². The van der Waals surface area contributed by atoms with Gasteiger partial charge in [-0.05, 0) is 28.8 Å². The van der Waals surface area contributed by atoms with Crippen LogP contribution in [0.3, 0.4) is 0 Å². The standard InChI is InChI=1S/C10H13BrN2O2/c1-6(10(14)15)5-13-8(11)4-12-9(13)7-2-3-7/h4,6-7H,2-3,5H2,1H3,(H,14,15). The minimum Gasteiger partial charge on any atom is -0.481 e. The molecule has 1 atom stereocenters. The number of carboxylic acid groups (broad SMARTS) is 1. The average molecular weight is 273 g/mol. The summed E-state index contributed by atoms with van der Waals surface area (Å²) in [5, 5.41) is 8.87. The maximum Gasteiger partial charge on any atom is 0.308 e. The fourth-order valence-corrected chi connectivity index (χ4v) is 2.00. The molecular weight excluding hydrogens is 260 g/mol. The minimum absolute atomic E-state index is 0.381. The smallest absolute Gasteiger partial charge is 0.308 e. The Bertz CT molecular complexity index is 385. The number of hydrogen-bond donors (Lipinski definition) is 1. The molecule has 0 aliphatic heterocycles. The topological polar surface area (TPSA) is 55.1 Å². The normalized spacial score (nSPS) is 17.7. The highest BCUT2D eigenvalue weighted by molar-refractivity contribution is 9.10. The van der Waals surface area contributed by atoms with Crippen molar-refractivity contribution in [3.8, 4) is 0 Å². The predicted molar refractivity (Wildman–Crippen MR) is 58.7 cm³/mol. The van der Waals surface area contributed by atoms with Crippen LogP contribution in [0.4, 0.5) is 0 Å². The summed E-state index contributed by atoms with van der Waals surface area (Å²) in [6.45, 7) is 2.20. The van der Waals surface area contributed by atoms with Crippen molar-refractivity contribution >= 4 is 21.9 Å². The molecule has 1 heterocycles. The van der Waals surface area contributed by atoms with Crippen molar-refractivity contribution in [3.05, 3.63) is 16.6 Å². The molecule has 0 spiro atoms. The van der Waals surface area contributed by atoms with E-state index < -0.39 is 5.97 Å². The molecule has 2 rings (SSSR count). The van der Waals surface area contributed by atoms with Crippen LogP contribution in [0.15, 0.2) is 10.8 Å². The van der Waals surface area contributed by atoms with Gasteiger partial charge in [-0.25, -0.2) is 4.98 Å². The summed E-state index contributed by atoms with van der Waals surface area (Å²) >= 11 is 3.40. The number of rotatable bonds is 4. The molecule has 1 aliphatic carbocycles. The summed E-state index contributed by atoms with van der Waals surface area (Å²) in [7, 11) is 0. The Morgan fingerprint density at radius 2 is 2.47 bits per heavy atom. The van der Waals surface area contributed by atoms with Crippen LogP contribution < -0.4 is 0 Å². The zero-order chi connectivity index (χ0) is 11.0. The molecule has 1 aromatic heterocycles. The van der Waals surface area contributed by atoms with Crippen LogP contribution in [0, 0.1) is 5.92 Å². The van der Waals surface area contributed by atoms with Crippen molar-refractivity contribution in [2.45, 2.75) is 32.2 Å². The first-order valence-corrected chi connectivity index (χ1v) is 5.82. The number of carboxylic acids is 1. The first kappa shape index (κ1) is 10.7. The molecule has 0 saturated heterocycles. The number of hydrogen-bond acceptors (Lipinski definition) is 2. The number of imidazole rings is 1. The lowest BCUT2D eigenvalue weighted by Crippen LogP contribution is -2.18. The largest absolute Gasteiger partial charge is 0.481 e. The number of aromatic nitrogens is 2. The molecule has 0 amide bonds. The molecule has 15 heavy (non-hydrogen) atoms. The van der Waals surface area contributed by atoms with E-state index in [1.54, 1.807) is 13.1 Å². The molecule has 1 unspecified atom stereocenters. The Morgan fingerprint density at radius 1 is 1.80 bits per heavy atom. The lowest BCUT2D eigenvalue weighted by Gasteiger charge is -2.11. The second kappa shape index (κ2) is 3.96. The van der Waals surface area contributed by atoms with E-state index >= 15 is 0 Å². The summed E-state index contributed by atoms with van der Waals surface area (Å²) in [6.07, 6.45) is 4.10. The van der Waals surface area contributed by atoms with Crippen molar-refractivity contribution in [1.29, 1.82) is 0 Å². The summed E-state index contributed by atoms with van der Waals surface area (Å²) in [5.74, 6) is 0.414. The number of aliphatic carboxylic acids is 1. The maximum atomic E-state index is 10.8. The molecule has 5 heteroatoms. The van der Waals surface area contributed by atoms with Gasteiger partial charge in [-0.15, -0.1) is 0 Å². The fourth-order valence-electron chi connectivity index (χ4n) is 1.57. The van der Waals surface area contributed by atoms with Crippen molar-refractivity contribution < 1.29 is 9.90 Å². The molecule has 1 aromatic rings. The van der Waals surface area contributed by atoms with Gasteiger partial charge in [-0.1, -0.05) is 6.92 Å². The third-order valence-electron chi connectivity index (χ3n) is 2.66. The van der Waals surface area contributed by atoms with Gasteiger partial charge in [0.15, 0.2) is 0 Å². The van der Waals surface area contributed by atoms with E-state index in [1.165, 1.54) is 12.8 Å². The first-order valence-electron chi connectivity index (χ1n) is 5.03. The Labute approximate surface area is 96.4 Å². The minimum atomic E-state index is -0.766. The van der Waals surface area contributed by atoms with E-state index in [1.807, 2.05) is 4.57 Å². The molecule has 0 radical (unpaired) electrons. The highest BCUT2D eigenvalue weighted by Crippen LogP contribution is 2.40. The lowest BCUT2D eigenvalue weighted by atomic mass is 10.2. The molecule has 1 saturated carbocycles. The maximum absolute atomic E-state index is 10.8. The van der Waals surface area contributed by atoms with Gasteiger partial charge in [0, 0.05) is 12.5 Å². The molecule has 0 aromatic carbocycles. The number of nitrogens with zero attached hydrogens (tertiary/aromatic N) is 2. The molecule has 0 bridgehead atoms. The Hall–Kier alpha value is -0.840. The summed E-state index contributed by atoms with van der Waals surface area (Å²) < 4.78 is 2.84. The van der Waals surface area contributed by atoms with E-state index in [-0.39, 0.29) is 5.92 Å². The Kier molecular flexibility index (Phi) is 2.82. The van der Waals surface area contributed by atoms with Crippen molar-refractivity contribution in [3.63, 3.8) is 0 Å². The monoisotopic (exact) mass is 272 g/mol. The van der Waals surface area contributed by atoms with E-state index in [2.05, 4.69) is 20.9 Å². The molecule has 1 N–H and O–H groups in total. The SMILES string of the molecule is CC(Cn1c(Br)cnc1C1CC1)C(=O)O. The highest BCUT2D eigenvalue weighted by atomic mass is 79.9.